The predicted molar refractivity (Wildman–Crippen MR) is 78.3 cm³/mol. The van der Waals surface area contributed by atoms with Gasteiger partial charge in [-0.1, -0.05) is 17.7 Å². The van der Waals surface area contributed by atoms with Crippen LogP contribution in [0.1, 0.15) is 36.1 Å². The molecule has 1 aromatic carbocycles. The second-order valence-corrected chi connectivity index (χ2v) is 5.45. The molecule has 0 amide bonds. The molecule has 0 saturated heterocycles. The normalized spacial score (nSPS) is 13.1. The Bertz CT molecular complexity index is 362. The SMILES string of the molecule is CNC(COC(C)C)Cc1c(C)cc(C)cc1C. The molecule has 1 unspecified atom stereocenters. The van der Waals surface area contributed by atoms with Crippen LogP contribution >= 0.6 is 0 Å². The van der Waals surface area contributed by atoms with Gasteiger partial charge in [0.15, 0.2) is 0 Å². The summed E-state index contributed by atoms with van der Waals surface area (Å²) in [7, 11) is 2.01. The fraction of sp³-hybridized carbons (Fsp3) is 0.625. The quantitative estimate of drug-likeness (QED) is 0.836. The zero-order valence-corrected chi connectivity index (χ0v) is 12.6. The van der Waals surface area contributed by atoms with Crippen molar-refractivity contribution in [3.8, 4) is 0 Å². The van der Waals surface area contributed by atoms with Crippen LogP contribution in [-0.4, -0.2) is 25.8 Å². The van der Waals surface area contributed by atoms with Gasteiger partial charge in [-0.2, -0.15) is 0 Å². The van der Waals surface area contributed by atoms with Crippen molar-refractivity contribution in [2.24, 2.45) is 0 Å². The first-order valence-corrected chi connectivity index (χ1v) is 6.79. The summed E-state index contributed by atoms with van der Waals surface area (Å²) in [5, 5.41) is 3.35. The van der Waals surface area contributed by atoms with Crippen molar-refractivity contribution in [3.05, 3.63) is 34.4 Å². The Morgan fingerprint density at radius 3 is 2.11 bits per heavy atom. The molecule has 1 rings (SSSR count). The van der Waals surface area contributed by atoms with E-state index in [9.17, 15) is 0 Å². The Labute approximate surface area is 112 Å². The minimum Gasteiger partial charge on any atom is -0.377 e. The third-order valence-corrected chi connectivity index (χ3v) is 3.33. The summed E-state index contributed by atoms with van der Waals surface area (Å²) in [5.74, 6) is 0. The predicted octanol–water partition coefficient (Wildman–Crippen LogP) is 3.17. The van der Waals surface area contributed by atoms with Gasteiger partial charge in [-0.05, 0) is 64.8 Å². The largest absolute Gasteiger partial charge is 0.377 e. The van der Waals surface area contributed by atoms with E-state index in [0.717, 1.165) is 13.0 Å². The van der Waals surface area contributed by atoms with Gasteiger partial charge >= 0.3 is 0 Å². The molecule has 0 aliphatic heterocycles. The highest BCUT2D eigenvalue weighted by Crippen LogP contribution is 2.18. The fourth-order valence-electron chi connectivity index (χ4n) is 2.33. The van der Waals surface area contributed by atoms with Crippen LogP contribution in [0.3, 0.4) is 0 Å². The number of ether oxygens (including phenoxy) is 1. The minimum absolute atomic E-state index is 0.293. The van der Waals surface area contributed by atoms with Crippen molar-refractivity contribution >= 4 is 0 Å². The van der Waals surface area contributed by atoms with Crippen LogP contribution in [0.15, 0.2) is 12.1 Å². The number of hydrogen-bond acceptors (Lipinski definition) is 2. The summed E-state index contributed by atoms with van der Waals surface area (Å²) in [6, 6.07) is 4.91. The minimum atomic E-state index is 0.293. The highest BCUT2D eigenvalue weighted by Gasteiger charge is 2.12. The molecule has 0 saturated carbocycles. The first kappa shape index (κ1) is 15.2. The van der Waals surface area contributed by atoms with Crippen LogP contribution in [0.5, 0.6) is 0 Å². The number of rotatable bonds is 6. The Morgan fingerprint density at radius 1 is 1.11 bits per heavy atom. The Kier molecular flexibility index (Phi) is 5.83. The van der Waals surface area contributed by atoms with Crippen molar-refractivity contribution in [2.75, 3.05) is 13.7 Å². The molecule has 1 aromatic rings. The molecule has 0 spiro atoms. The van der Waals surface area contributed by atoms with Crippen LogP contribution in [0.25, 0.3) is 0 Å². The number of benzene rings is 1. The monoisotopic (exact) mass is 249 g/mol. The number of hydrogen-bond donors (Lipinski definition) is 1. The lowest BCUT2D eigenvalue weighted by Crippen LogP contribution is -2.34. The zero-order chi connectivity index (χ0) is 13.7. The van der Waals surface area contributed by atoms with E-state index < -0.39 is 0 Å². The number of likely N-dealkylation sites (N-methyl/N-ethyl adjacent to an activating group) is 1. The summed E-state index contributed by atoms with van der Waals surface area (Å²) < 4.78 is 5.71. The van der Waals surface area contributed by atoms with E-state index >= 15 is 0 Å². The molecule has 0 bridgehead atoms. The lowest BCUT2D eigenvalue weighted by atomic mass is 9.94. The number of nitrogens with one attached hydrogen (secondary N) is 1. The maximum atomic E-state index is 5.71. The van der Waals surface area contributed by atoms with E-state index in [1.54, 1.807) is 0 Å². The first-order chi connectivity index (χ1) is 8.43. The lowest BCUT2D eigenvalue weighted by Gasteiger charge is -2.20. The average molecular weight is 249 g/mol. The second-order valence-electron chi connectivity index (χ2n) is 5.45. The van der Waals surface area contributed by atoms with E-state index in [0.29, 0.717) is 12.1 Å². The molecule has 0 fully saturated rings. The molecule has 2 nitrogen and oxygen atoms in total. The molecule has 0 aliphatic carbocycles. The van der Waals surface area contributed by atoms with Gasteiger partial charge in [-0.3, -0.25) is 0 Å². The van der Waals surface area contributed by atoms with Crippen molar-refractivity contribution in [3.63, 3.8) is 0 Å². The highest BCUT2D eigenvalue weighted by atomic mass is 16.5. The summed E-state index contributed by atoms with van der Waals surface area (Å²) in [4.78, 5) is 0. The van der Waals surface area contributed by atoms with E-state index in [2.05, 4.69) is 52.1 Å². The van der Waals surface area contributed by atoms with Crippen LogP contribution in [0.2, 0.25) is 0 Å². The fourth-order valence-corrected chi connectivity index (χ4v) is 2.33. The molecule has 102 valence electrons. The van der Waals surface area contributed by atoms with Gasteiger partial charge < -0.3 is 10.1 Å². The first-order valence-electron chi connectivity index (χ1n) is 6.79. The van der Waals surface area contributed by atoms with Crippen molar-refractivity contribution in [2.45, 2.75) is 53.2 Å². The van der Waals surface area contributed by atoms with E-state index in [1.807, 2.05) is 7.05 Å². The van der Waals surface area contributed by atoms with E-state index in [4.69, 9.17) is 4.74 Å². The molecule has 0 heterocycles. The van der Waals surface area contributed by atoms with E-state index in [-0.39, 0.29) is 0 Å². The second kappa shape index (κ2) is 6.91. The molecule has 18 heavy (non-hydrogen) atoms. The molecule has 0 radical (unpaired) electrons. The molecular formula is C16H27NO. The standard InChI is InChI=1S/C16H27NO/c1-11(2)18-10-15(17-6)9-16-13(4)7-12(3)8-14(16)5/h7-8,11,15,17H,9-10H2,1-6H3. The van der Waals surface area contributed by atoms with Gasteiger partial charge in [0.25, 0.3) is 0 Å². The smallest absolute Gasteiger partial charge is 0.0626 e. The van der Waals surface area contributed by atoms with Gasteiger partial charge in [-0.15, -0.1) is 0 Å². The summed E-state index contributed by atoms with van der Waals surface area (Å²) >= 11 is 0. The molecule has 0 aliphatic rings. The zero-order valence-electron chi connectivity index (χ0n) is 12.6. The van der Waals surface area contributed by atoms with Gasteiger partial charge in [0.1, 0.15) is 0 Å². The summed E-state index contributed by atoms with van der Waals surface area (Å²) in [5.41, 5.74) is 5.56. The van der Waals surface area contributed by atoms with Gasteiger partial charge in [0.2, 0.25) is 0 Å². The maximum Gasteiger partial charge on any atom is 0.0626 e. The summed E-state index contributed by atoms with van der Waals surface area (Å²) in [6.45, 7) is 11.5. The molecule has 2 heteroatoms. The highest BCUT2D eigenvalue weighted by molar-refractivity contribution is 5.38. The van der Waals surface area contributed by atoms with Crippen LogP contribution in [-0.2, 0) is 11.2 Å². The average Bonchev–Trinajstić information content (AvgIpc) is 2.26. The Balaban J connectivity index is 2.75. The molecular weight excluding hydrogens is 222 g/mol. The Hall–Kier alpha value is -0.860. The Morgan fingerprint density at radius 2 is 1.67 bits per heavy atom. The third kappa shape index (κ3) is 4.43. The van der Waals surface area contributed by atoms with Crippen molar-refractivity contribution < 1.29 is 4.74 Å². The topological polar surface area (TPSA) is 21.3 Å². The summed E-state index contributed by atoms with van der Waals surface area (Å²) in [6.07, 6.45) is 1.32. The molecule has 0 aromatic heterocycles. The van der Waals surface area contributed by atoms with Crippen LogP contribution in [0.4, 0.5) is 0 Å². The maximum absolute atomic E-state index is 5.71. The molecule has 1 atom stereocenters. The molecule has 1 N–H and O–H groups in total. The van der Waals surface area contributed by atoms with Gasteiger partial charge in [0, 0.05) is 6.04 Å². The van der Waals surface area contributed by atoms with Crippen LogP contribution in [0, 0.1) is 20.8 Å². The van der Waals surface area contributed by atoms with Gasteiger partial charge in [0.05, 0.1) is 12.7 Å². The van der Waals surface area contributed by atoms with Crippen molar-refractivity contribution in [1.29, 1.82) is 0 Å². The number of aryl methyl sites for hydroxylation is 3. The lowest BCUT2D eigenvalue weighted by molar-refractivity contribution is 0.0627. The van der Waals surface area contributed by atoms with E-state index in [1.165, 1.54) is 22.3 Å². The van der Waals surface area contributed by atoms with Crippen LogP contribution < -0.4 is 5.32 Å². The van der Waals surface area contributed by atoms with Gasteiger partial charge in [-0.25, -0.2) is 0 Å². The third-order valence-electron chi connectivity index (χ3n) is 3.33. The van der Waals surface area contributed by atoms with Crippen molar-refractivity contribution in [1.82, 2.24) is 5.32 Å².